The standard InChI is InChI=1S/C25H32N6O3/c1-15(2)20-12-30(7-8-31(20)22(32)9-21-29-27-14-33-21)24-18(11-26)17-10-25(3,4)34-13-19(17)23(28-24)16-5-6-16/h14-16,20H,5-10,12-13H2,1-4H3. The van der Waals surface area contributed by atoms with Crippen LogP contribution in [-0.4, -0.2) is 57.3 Å². The lowest BCUT2D eigenvalue weighted by molar-refractivity contribution is -0.134. The summed E-state index contributed by atoms with van der Waals surface area (Å²) < 4.78 is 11.3. The summed E-state index contributed by atoms with van der Waals surface area (Å²) >= 11 is 0. The molecule has 2 aliphatic heterocycles. The van der Waals surface area contributed by atoms with Crippen LogP contribution < -0.4 is 4.90 Å². The number of amides is 1. The molecule has 1 saturated heterocycles. The second-order valence-corrected chi connectivity index (χ2v) is 10.6. The van der Waals surface area contributed by atoms with E-state index in [9.17, 15) is 10.1 Å². The number of aromatic nitrogens is 3. The van der Waals surface area contributed by atoms with Crippen molar-refractivity contribution in [3.05, 3.63) is 34.7 Å². The topological polar surface area (TPSA) is 108 Å². The normalized spacial score (nSPS) is 21.9. The minimum absolute atomic E-state index is 0.00213. The van der Waals surface area contributed by atoms with E-state index < -0.39 is 0 Å². The summed E-state index contributed by atoms with van der Waals surface area (Å²) in [6.07, 6.45) is 4.33. The molecule has 1 saturated carbocycles. The van der Waals surface area contributed by atoms with Gasteiger partial charge in [0, 0.05) is 37.5 Å². The third-order valence-corrected chi connectivity index (χ3v) is 7.23. The van der Waals surface area contributed by atoms with Gasteiger partial charge in [-0.15, -0.1) is 10.2 Å². The van der Waals surface area contributed by atoms with Crippen LogP contribution in [0.15, 0.2) is 10.8 Å². The molecule has 9 heteroatoms. The van der Waals surface area contributed by atoms with Gasteiger partial charge in [0.25, 0.3) is 0 Å². The van der Waals surface area contributed by atoms with Crippen LogP contribution in [0.25, 0.3) is 0 Å². The van der Waals surface area contributed by atoms with Crippen LogP contribution in [0.2, 0.25) is 0 Å². The highest BCUT2D eigenvalue weighted by atomic mass is 16.5. The average Bonchev–Trinajstić information content (AvgIpc) is 3.53. The van der Waals surface area contributed by atoms with E-state index >= 15 is 0 Å². The number of nitrogens with zero attached hydrogens (tertiary/aromatic N) is 6. The van der Waals surface area contributed by atoms with Crippen molar-refractivity contribution >= 4 is 11.7 Å². The molecule has 9 nitrogen and oxygen atoms in total. The number of anilines is 1. The van der Waals surface area contributed by atoms with Gasteiger partial charge in [0.2, 0.25) is 18.2 Å². The number of rotatable bonds is 5. The fourth-order valence-electron chi connectivity index (χ4n) is 5.21. The molecule has 180 valence electrons. The van der Waals surface area contributed by atoms with Crippen molar-refractivity contribution in [1.82, 2.24) is 20.1 Å². The van der Waals surface area contributed by atoms with Crippen LogP contribution in [0, 0.1) is 17.2 Å². The lowest BCUT2D eigenvalue weighted by atomic mass is 9.87. The highest BCUT2D eigenvalue weighted by Gasteiger charge is 2.39. The summed E-state index contributed by atoms with van der Waals surface area (Å²) in [5, 5.41) is 17.8. The molecule has 0 N–H and O–H groups in total. The molecular weight excluding hydrogens is 432 g/mol. The first-order chi connectivity index (χ1) is 16.3. The SMILES string of the molecule is CC(C)C1CN(c2nc(C3CC3)c3c(c2C#N)CC(C)(C)OC3)CCN1C(=O)Cc1nnco1. The number of ether oxygens (including phenoxy) is 1. The second-order valence-electron chi connectivity index (χ2n) is 10.6. The van der Waals surface area contributed by atoms with Gasteiger partial charge in [-0.05, 0) is 38.2 Å². The first-order valence-corrected chi connectivity index (χ1v) is 12.2. The van der Waals surface area contributed by atoms with Gasteiger partial charge in [0.1, 0.15) is 18.3 Å². The smallest absolute Gasteiger partial charge is 0.232 e. The van der Waals surface area contributed by atoms with Gasteiger partial charge in [-0.3, -0.25) is 4.79 Å². The van der Waals surface area contributed by atoms with E-state index in [2.05, 4.69) is 48.9 Å². The highest BCUT2D eigenvalue weighted by molar-refractivity contribution is 5.78. The van der Waals surface area contributed by atoms with Crippen LogP contribution in [0.5, 0.6) is 0 Å². The van der Waals surface area contributed by atoms with Crippen molar-refractivity contribution < 1.29 is 13.9 Å². The summed E-state index contributed by atoms with van der Waals surface area (Å²) in [4.78, 5) is 22.3. The largest absolute Gasteiger partial charge is 0.427 e. The first kappa shape index (κ1) is 22.8. The van der Waals surface area contributed by atoms with E-state index in [0.717, 1.165) is 35.5 Å². The van der Waals surface area contributed by atoms with Gasteiger partial charge in [-0.25, -0.2) is 4.98 Å². The van der Waals surface area contributed by atoms with Crippen molar-refractivity contribution in [3.63, 3.8) is 0 Å². The molecule has 2 fully saturated rings. The fraction of sp³-hybridized carbons (Fsp3) is 0.640. The van der Waals surface area contributed by atoms with Crippen LogP contribution in [-0.2, 0) is 29.0 Å². The predicted molar refractivity (Wildman–Crippen MR) is 124 cm³/mol. The van der Waals surface area contributed by atoms with E-state index in [0.29, 0.717) is 50.0 Å². The van der Waals surface area contributed by atoms with Crippen LogP contribution in [0.3, 0.4) is 0 Å². The molecule has 0 radical (unpaired) electrons. The van der Waals surface area contributed by atoms with Crippen molar-refractivity contribution in [2.75, 3.05) is 24.5 Å². The molecule has 1 aliphatic carbocycles. The number of hydrogen-bond acceptors (Lipinski definition) is 8. The van der Waals surface area contributed by atoms with E-state index in [1.165, 1.54) is 6.39 Å². The molecular formula is C25H32N6O3. The summed E-state index contributed by atoms with van der Waals surface area (Å²) in [5.41, 5.74) is 3.69. The number of nitriles is 1. The monoisotopic (exact) mass is 464 g/mol. The Kier molecular flexibility index (Phi) is 5.80. The Morgan fingerprint density at radius 1 is 1.29 bits per heavy atom. The zero-order valence-corrected chi connectivity index (χ0v) is 20.4. The second kappa shape index (κ2) is 8.66. The van der Waals surface area contributed by atoms with E-state index in [1.807, 2.05) is 4.90 Å². The summed E-state index contributed by atoms with van der Waals surface area (Å²) in [7, 11) is 0. The molecule has 34 heavy (non-hydrogen) atoms. The molecule has 0 spiro atoms. The van der Waals surface area contributed by atoms with Gasteiger partial charge in [-0.2, -0.15) is 5.26 Å². The van der Waals surface area contributed by atoms with E-state index in [4.69, 9.17) is 14.1 Å². The molecule has 1 atom stereocenters. The number of piperazine rings is 1. The molecule has 1 unspecified atom stereocenters. The maximum Gasteiger partial charge on any atom is 0.232 e. The molecule has 3 aliphatic rings. The Morgan fingerprint density at radius 3 is 2.74 bits per heavy atom. The first-order valence-electron chi connectivity index (χ1n) is 12.2. The Labute approximate surface area is 200 Å². The Hall–Kier alpha value is -2.99. The summed E-state index contributed by atoms with van der Waals surface area (Å²) in [6.45, 7) is 10.8. The molecule has 1 amide bonds. The zero-order valence-electron chi connectivity index (χ0n) is 20.4. The molecule has 0 bridgehead atoms. The number of pyridine rings is 1. The van der Waals surface area contributed by atoms with E-state index in [-0.39, 0.29) is 29.9 Å². The third kappa shape index (κ3) is 4.27. The quantitative estimate of drug-likeness (QED) is 0.664. The number of fused-ring (bicyclic) bond motifs is 1. The van der Waals surface area contributed by atoms with Gasteiger partial charge in [0.05, 0.1) is 29.5 Å². The van der Waals surface area contributed by atoms with Crippen molar-refractivity contribution in [3.8, 4) is 6.07 Å². The number of carbonyl (C=O) groups excluding carboxylic acids is 1. The van der Waals surface area contributed by atoms with Gasteiger partial charge in [0.15, 0.2) is 0 Å². The van der Waals surface area contributed by atoms with Gasteiger partial charge >= 0.3 is 0 Å². The molecule has 0 aromatic carbocycles. The summed E-state index contributed by atoms with van der Waals surface area (Å²) in [5.74, 6) is 1.79. The van der Waals surface area contributed by atoms with Gasteiger partial charge < -0.3 is 19.0 Å². The predicted octanol–water partition coefficient (Wildman–Crippen LogP) is 2.98. The molecule has 4 heterocycles. The molecule has 2 aromatic rings. The Balaban J connectivity index is 1.46. The van der Waals surface area contributed by atoms with Crippen molar-refractivity contribution in [2.24, 2.45) is 5.92 Å². The highest BCUT2D eigenvalue weighted by Crippen LogP contribution is 2.46. The van der Waals surface area contributed by atoms with E-state index in [1.54, 1.807) is 0 Å². The maximum atomic E-state index is 13.1. The minimum atomic E-state index is -0.307. The van der Waals surface area contributed by atoms with Crippen LogP contribution >= 0.6 is 0 Å². The lowest BCUT2D eigenvalue weighted by Crippen LogP contribution is -2.58. The molecule has 5 rings (SSSR count). The number of hydrogen-bond donors (Lipinski definition) is 0. The average molecular weight is 465 g/mol. The maximum absolute atomic E-state index is 13.1. The Bertz CT molecular complexity index is 1120. The lowest BCUT2D eigenvalue weighted by Gasteiger charge is -2.44. The van der Waals surface area contributed by atoms with Crippen LogP contribution in [0.1, 0.15) is 74.7 Å². The fourth-order valence-corrected chi connectivity index (χ4v) is 5.21. The molecule has 2 aromatic heterocycles. The van der Waals surface area contributed by atoms with Crippen molar-refractivity contribution in [2.45, 2.75) is 77.5 Å². The summed E-state index contributed by atoms with van der Waals surface area (Å²) in [6, 6.07) is 2.48. The van der Waals surface area contributed by atoms with Crippen LogP contribution in [0.4, 0.5) is 5.82 Å². The third-order valence-electron chi connectivity index (χ3n) is 7.23. The van der Waals surface area contributed by atoms with Gasteiger partial charge in [-0.1, -0.05) is 13.8 Å². The number of carbonyl (C=O) groups is 1. The Morgan fingerprint density at radius 2 is 2.09 bits per heavy atom. The zero-order chi connectivity index (χ0) is 24.0. The minimum Gasteiger partial charge on any atom is -0.427 e. The van der Waals surface area contributed by atoms with Crippen molar-refractivity contribution in [1.29, 1.82) is 5.26 Å².